The second-order valence-corrected chi connectivity index (χ2v) is 9.37. The summed E-state index contributed by atoms with van der Waals surface area (Å²) in [5.41, 5.74) is 6.25. The van der Waals surface area contributed by atoms with E-state index >= 15 is 0 Å². The second-order valence-electron chi connectivity index (χ2n) is 8.28. The van der Waals surface area contributed by atoms with Crippen molar-refractivity contribution < 1.29 is 4.79 Å². The van der Waals surface area contributed by atoms with Gasteiger partial charge in [-0.25, -0.2) is 15.0 Å². The fourth-order valence-electron chi connectivity index (χ4n) is 4.78. The molecular weight excluding hydrogens is 408 g/mol. The van der Waals surface area contributed by atoms with Gasteiger partial charge < -0.3 is 5.32 Å². The highest BCUT2D eigenvalue weighted by Crippen LogP contribution is 2.34. The summed E-state index contributed by atoms with van der Waals surface area (Å²) in [5.74, 6) is -0.0442. The summed E-state index contributed by atoms with van der Waals surface area (Å²) in [7, 11) is 0. The Morgan fingerprint density at radius 3 is 3.00 bits per heavy atom. The number of aromatic nitrogens is 5. The Kier molecular flexibility index (Phi) is 4.52. The number of thiazole rings is 1. The van der Waals surface area contributed by atoms with Crippen molar-refractivity contribution in [2.75, 3.05) is 0 Å². The van der Waals surface area contributed by atoms with Gasteiger partial charge in [-0.1, -0.05) is 12.1 Å². The lowest BCUT2D eigenvalue weighted by atomic mass is 9.86. The molecule has 2 N–H and O–H groups in total. The Bertz CT molecular complexity index is 1270. The van der Waals surface area contributed by atoms with Gasteiger partial charge in [0.1, 0.15) is 6.33 Å². The van der Waals surface area contributed by atoms with Crippen LogP contribution < -0.4 is 5.32 Å². The minimum absolute atomic E-state index is 0.0190. The van der Waals surface area contributed by atoms with Crippen molar-refractivity contribution in [2.45, 2.75) is 51.0 Å². The number of hydrogen-bond donors (Lipinski definition) is 2. The number of aromatic amines is 1. The minimum Gasteiger partial charge on any atom is -0.343 e. The minimum atomic E-state index is -0.0442. The van der Waals surface area contributed by atoms with Crippen LogP contribution in [0.2, 0.25) is 0 Å². The van der Waals surface area contributed by atoms with Crippen LogP contribution >= 0.6 is 11.3 Å². The number of amides is 1. The molecule has 156 valence electrons. The van der Waals surface area contributed by atoms with Crippen molar-refractivity contribution in [1.82, 2.24) is 30.5 Å². The first kappa shape index (κ1) is 18.6. The van der Waals surface area contributed by atoms with Crippen LogP contribution in [0.4, 0.5) is 0 Å². The number of nitrogens with one attached hydrogen (secondary N) is 2. The largest absolute Gasteiger partial charge is 0.343 e. The lowest BCUT2D eigenvalue weighted by Gasteiger charge is -2.26. The topological polar surface area (TPSA) is 96.5 Å². The summed E-state index contributed by atoms with van der Waals surface area (Å²) < 4.78 is 0. The molecule has 1 aromatic carbocycles. The molecule has 0 saturated carbocycles. The quantitative estimate of drug-likeness (QED) is 0.509. The Morgan fingerprint density at radius 1 is 1.13 bits per heavy atom. The van der Waals surface area contributed by atoms with Gasteiger partial charge in [0.2, 0.25) is 0 Å². The van der Waals surface area contributed by atoms with Crippen LogP contribution in [0.25, 0.3) is 22.3 Å². The zero-order valence-corrected chi connectivity index (χ0v) is 17.8. The van der Waals surface area contributed by atoms with Gasteiger partial charge >= 0.3 is 0 Å². The third-order valence-electron chi connectivity index (χ3n) is 6.32. The molecule has 3 heterocycles. The number of benzene rings is 1. The number of fused-ring (bicyclic) bond motifs is 3. The lowest BCUT2D eigenvalue weighted by Crippen LogP contribution is -2.31. The Balaban J connectivity index is 1.28. The molecule has 3 aromatic heterocycles. The van der Waals surface area contributed by atoms with Crippen LogP contribution in [0, 0.1) is 0 Å². The lowest BCUT2D eigenvalue weighted by molar-refractivity contribution is 0.0932. The van der Waals surface area contributed by atoms with Crippen LogP contribution in [0.5, 0.6) is 0 Å². The fraction of sp³-hybridized carbons (Fsp3) is 0.348. The number of aryl methyl sites for hydroxylation is 3. The SMILES string of the molecule is O=C(NC1CCCc2cc(-c3ncnc4[nH]ncc34)ccc21)c1nc2c(s1)CCCC2. The zero-order valence-electron chi connectivity index (χ0n) is 17.0. The molecule has 0 aliphatic heterocycles. The molecule has 4 aromatic rings. The Hall–Kier alpha value is -3.13. The monoisotopic (exact) mass is 430 g/mol. The van der Waals surface area contributed by atoms with E-state index in [0.717, 1.165) is 60.1 Å². The van der Waals surface area contributed by atoms with E-state index in [1.54, 1.807) is 23.9 Å². The predicted molar refractivity (Wildman–Crippen MR) is 119 cm³/mol. The number of carbonyl (C=O) groups is 1. The first-order valence-electron chi connectivity index (χ1n) is 10.8. The molecule has 1 unspecified atom stereocenters. The van der Waals surface area contributed by atoms with Crippen LogP contribution in [-0.2, 0) is 19.3 Å². The first-order chi connectivity index (χ1) is 15.3. The number of hydrogen-bond acceptors (Lipinski definition) is 6. The van der Waals surface area contributed by atoms with Gasteiger partial charge in [-0.3, -0.25) is 9.89 Å². The van der Waals surface area contributed by atoms with Gasteiger partial charge in [0, 0.05) is 10.4 Å². The van der Waals surface area contributed by atoms with E-state index in [0.29, 0.717) is 5.01 Å². The number of H-pyrrole nitrogens is 1. The molecule has 8 heteroatoms. The van der Waals surface area contributed by atoms with Gasteiger partial charge in [-0.05, 0) is 62.1 Å². The van der Waals surface area contributed by atoms with Crippen molar-refractivity contribution in [3.8, 4) is 11.3 Å². The highest BCUT2D eigenvalue weighted by atomic mass is 32.1. The predicted octanol–water partition coefficient (Wildman–Crippen LogP) is 4.16. The van der Waals surface area contributed by atoms with E-state index in [1.807, 2.05) is 0 Å². The molecule has 1 amide bonds. The summed E-state index contributed by atoms with van der Waals surface area (Å²) >= 11 is 1.57. The summed E-state index contributed by atoms with van der Waals surface area (Å²) in [6.45, 7) is 0. The molecule has 6 rings (SSSR count). The van der Waals surface area contributed by atoms with Crippen molar-refractivity contribution in [3.63, 3.8) is 0 Å². The molecular formula is C23H22N6OS. The van der Waals surface area contributed by atoms with Crippen LogP contribution in [0.3, 0.4) is 0 Å². The van der Waals surface area contributed by atoms with E-state index in [4.69, 9.17) is 0 Å². The maximum absolute atomic E-state index is 13.0. The molecule has 0 radical (unpaired) electrons. The average Bonchev–Trinajstić information content (AvgIpc) is 3.46. The van der Waals surface area contributed by atoms with Crippen LogP contribution in [0.1, 0.15) is 63.2 Å². The third kappa shape index (κ3) is 3.31. The first-order valence-corrected chi connectivity index (χ1v) is 11.6. The second kappa shape index (κ2) is 7.53. The van der Waals surface area contributed by atoms with Gasteiger partial charge in [-0.2, -0.15) is 5.10 Å². The molecule has 0 bridgehead atoms. The normalized spacial score (nSPS) is 17.9. The summed E-state index contributed by atoms with van der Waals surface area (Å²) in [6, 6.07) is 6.44. The molecule has 0 saturated heterocycles. The molecule has 7 nitrogen and oxygen atoms in total. The Morgan fingerprint density at radius 2 is 2.06 bits per heavy atom. The molecule has 2 aliphatic carbocycles. The summed E-state index contributed by atoms with van der Waals surface area (Å²) in [5, 5.41) is 11.8. The standard InChI is InChI=1S/C23H22N6OS/c30-22(23-28-18-5-1-2-7-19(18)31-23)27-17-6-3-4-13-10-14(8-9-15(13)17)20-16-11-26-29-21(16)25-12-24-20/h8-12,17H,1-7H2,(H,27,30)(H,24,25,26,29). The number of rotatable bonds is 3. The summed E-state index contributed by atoms with van der Waals surface area (Å²) in [4.78, 5) is 27.6. The fourth-order valence-corrected chi connectivity index (χ4v) is 5.83. The van der Waals surface area contributed by atoms with Gasteiger partial charge in [0.05, 0.1) is 29.0 Å². The van der Waals surface area contributed by atoms with E-state index in [2.05, 4.69) is 48.7 Å². The smallest absolute Gasteiger partial charge is 0.280 e. The molecule has 31 heavy (non-hydrogen) atoms. The molecule has 0 spiro atoms. The van der Waals surface area contributed by atoms with Crippen LogP contribution in [0.15, 0.2) is 30.7 Å². The van der Waals surface area contributed by atoms with Crippen LogP contribution in [-0.4, -0.2) is 31.1 Å². The van der Waals surface area contributed by atoms with E-state index < -0.39 is 0 Å². The number of nitrogens with zero attached hydrogens (tertiary/aromatic N) is 4. The van der Waals surface area contributed by atoms with E-state index in [1.165, 1.54) is 28.8 Å². The Labute approximate surface area is 183 Å². The number of carbonyl (C=O) groups excluding carboxylic acids is 1. The zero-order chi connectivity index (χ0) is 20.8. The van der Waals surface area contributed by atoms with E-state index in [-0.39, 0.29) is 11.9 Å². The molecule has 2 aliphatic rings. The van der Waals surface area contributed by atoms with Crippen molar-refractivity contribution in [3.05, 3.63) is 57.4 Å². The third-order valence-corrected chi connectivity index (χ3v) is 7.48. The van der Waals surface area contributed by atoms with Gasteiger partial charge in [-0.15, -0.1) is 11.3 Å². The van der Waals surface area contributed by atoms with E-state index in [9.17, 15) is 4.79 Å². The average molecular weight is 431 g/mol. The van der Waals surface area contributed by atoms with Crippen molar-refractivity contribution in [1.29, 1.82) is 0 Å². The maximum Gasteiger partial charge on any atom is 0.280 e. The highest BCUT2D eigenvalue weighted by Gasteiger charge is 2.25. The summed E-state index contributed by atoms with van der Waals surface area (Å²) in [6.07, 6.45) is 10.7. The molecule has 1 atom stereocenters. The van der Waals surface area contributed by atoms with Gasteiger partial charge in [0.15, 0.2) is 10.7 Å². The van der Waals surface area contributed by atoms with Gasteiger partial charge in [0.25, 0.3) is 5.91 Å². The van der Waals surface area contributed by atoms with Crippen molar-refractivity contribution >= 4 is 28.3 Å². The van der Waals surface area contributed by atoms with Crippen molar-refractivity contribution in [2.24, 2.45) is 0 Å². The maximum atomic E-state index is 13.0. The molecule has 0 fully saturated rings. The highest BCUT2D eigenvalue weighted by molar-refractivity contribution is 7.13.